The lowest BCUT2D eigenvalue weighted by molar-refractivity contribution is 0.0949. The highest BCUT2D eigenvalue weighted by atomic mass is 16.2. The standard InChI is InChI=1S/C27H26N6O2/c1-18(2)33-17-30-25(31-33)23-16-32(27(35)20-6-4-3-5-7-20)24-9-8-21(14-22(23)24)26(34)29-15-19-10-12-28-13-11-19/h3-14,17-18,23H,15-16H2,1-2H3,(H,29,34). The summed E-state index contributed by atoms with van der Waals surface area (Å²) in [5.74, 6) is 0.132. The molecule has 0 aliphatic carbocycles. The minimum absolute atomic E-state index is 0.0902. The van der Waals surface area contributed by atoms with Crippen LogP contribution in [0.1, 0.15) is 63.5 Å². The molecule has 0 bridgehead atoms. The maximum atomic E-state index is 13.4. The Morgan fingerprint density at radius 1 is 1.03 bits per heavy atom. The molecule has 35 heavy (non-hydrogen) atoms. The van der Waals surface area contributed by atoms with Gasteiger partial charge in [-0.2, -0.15) is 5.10 Å². The lowest BCUT2D eigenvalue weighted by Crippen LogP contribution is -2.30. The number of nitrogens with zero attached hydrogens (tertiary/aromatic N) is 5. The molecule has 8 heteroatoms. The number of benzene rings is 2. The monoisotopic (exact) mass is 466 g/mol. The van der Waals surface area contributed by atoms with Gasteiger partial charge in [-0.15, -0.1) is 0 Å². The molecule has 3 heterocycles. The van der Waals surface area contributed by atoms with Crippen LogP contribution in [0, 0.1) is 0 Å². The Balaban J connectivity index is 1.47. The second-order valence-corrected chi connectivity index (χ2v) is 8.82. The average Bonchev–Trinajstić information content (AvgIpc) is 3.53. The van der Waals surface area contributed by atoms with Crippen molar-refractivity contribution in [3.05, 3.63) is 107 Å². The molecule has 0 saturated heterocycles. The van der Waals surface area contributed by atoms with Crippen LogP contribution in [0.2, 0.25) is 0 Å². The molecule has 0 radical (unpaired) electrons. The SMILES string of the molecule is CC(C)n1cnc(C2CN(C(=O)c3ccccc3)c3ccc(C(=O)NCc4ccncc4)cc32)n1. The van der Waals surface area contributed by atoms with Crippen LogP contribution < -0.4 is 10.2 Å². The van der Waals surface area contributed by atoms with Gasteiger partial charge in [0.15, 0.2) is 5.82 Å². The molecule has 0 fully saturated rings. The zero-order valence-corrected chi connectivity index (χ0v) is 19.6. The van der Waals surface area contributed by atoms with Gasteiger partial charge in [-0.05, 0) is 67.4 Å². The fourth-order valence-electron chi connectivity index (χ4n) is 4.23. The third-order valence-corrected chi connectivity index (χ3v) is 6.16. The number of rotatable bonds is 6. The van der Waals surface area contributed by atoms with E-state index in [0.717, 1.165) is 16.8 Å². The van der Waals surface area contributed by atoms with Gasteiger partial charge >= 0.3 is 0 Å². The number of hydrogen-bond acceptors (Lipinski definition) is 5. The van der Waals surface area contributed by atoms with Gasteiger partial charge in [-0.25, -0.2) is 4.98 Å². The van der Waals surface area contributed by atoms with Gasteiger partial charge < -0.3 is 10.2 Å². The van der Waals surface area contributed by atoms with Crippen LogP contribution in [0.4, 0.5) is 5.69 Å². The fourth-order valence-corrected chi connectivity index (χ4v) is 4.23. The van der Waals surface area contributed by atoms with Crippen LogP contribution in [0.25, 0.3) is 0 Å². The Kier molecular flexibility index (Phi) is 6.10. The number of hydrogen-bond donors (Lipinski definition) is 1. The summed E-state index contributed by atoms with van der Waals surface area (Å²) in [4.78, 5) is 36.6. The molecule has 5 rings (SSSR count). The van der Waals surface area contributed by atoms with E-state index in [1.165, 1.54) is 0 Å². The van der Waals surface area contributed by atoms with Gasteiger partial charge in [0, 0.05) is 48.3 Å². The van der Waals surface area contributed by atoms with E-state index in [1.807, 2.05) is 73.1 Å². The molecule has 2 aromatic heterocycles. The lowest BCUT2D eigenvalue weighted by atomic mass is 9.98. The second kappa shape index (κ2) is 9.50. The molecule has 2 aromatic carbocycles. The van der Waals surface area contributed by atoms with Crippen molar-refractivity contribution in [2.75, 3.05) is 11.4 Å². The number of carbonyl (C=O) groups excluding carboxylic acids is 2. The molecule has 4 aromatic rings. The highest BCUT2D eigenvalue weighted by molar-refractivity contribution is 6.08. The van der Waals surface area contributed by atoms with Gasteiger partial charge in [0.1, 0.15) is 6.33 Å². The number of carbonyl (C=O) groups is 2. The second-order valence-electron chi connectivity index (χ2n) is 8.82. The van der Waals surface area contributed by atoms with Crippen LogP contribution >= 0.6 is 0 Å². The smallest absolute Gasteiger partial charge is 0.258 e. The summed E-state index contributed by atoms with van der Waals surface area (Å²) < 4.78 is 1.81. The summed E-state index contributed by atoms with van der Waals surface area (Å²) in [6.45, 7) is 4.89. The van der Waals surface area contributed by atoms with E-state index in [1.54, 1.807) is 29.7 Å². The molecule has 8 nitrogen and oxygen atoms in total. The molecule has 1 N–H and O–H groups in total. The zero-order valence-electron chi connectivity index (χ0n) is 19.6. The van der Waals surface area contributed by atoms with E-state index in [0.29, 0.717) is 30.0 Å². The molecule has 1 aliphatic heterocycles. The third kappa shape index (κ3) is 4.55. The van der Waals surface area contributed by atoms with E-state index in [4.69, 9.17) is 0 Å². The Hall–Kier alpha value is -4.33. The minimum Gasteiger partial charge on any atom is -0.348 e. The van der Waals surface area contributed by atoms with Crippen LogP contribution in [0.15, 0.2) is 79.4 Å². The quantitative estimate of drug-likeness (QED) is 0.464. The van der Waals surface area contributed by atoms with Crippen molar-refractivity contribution in [1.29, 1.82) is 0 Å². The van der Waals surface area contributed by atoms with Crippen molar-refractivity contribution < 1.29 is 9.59 Å². The van der Waals surface area contributed by atoms with Crippen molar-refractivity contribution >= 4 is 17.5 Å². The van der Waals surface area contributed by atoms with Crippen LogP contribution in [0.5, 0.6) is 0 Å². The Morgan fingerprint density at radius 2 is 1.80 bits per heavy atom. The molecule has 1 atom stereocenters. The summed E-state index contributed by atoms with van der Waals surface area (Å²) in [5, 5.41) is 7.63. The van der Waals surface area contributed by atoms with Crippen LogP contribution in [-0.2, 0) is 6.54 Å². The van der Waals surface area contributed by atoms with Crippen LogP contribution in [-0.4, -0.2) is 38.1 Å². The summed E-state index contributed by atoms with van der Waals surface area (Å²) in [6.07, 6.45) is 5.11. The minimum atomic E-state index is -0.231. The van der Waals surface area contributed by atoms with E-state index >= 15 is 0 Å². The van der Waals surface area contributed by atoms with E-state index < -0.39 is 0 Å². The van der Waals surface area contributed by atoms with Crippen molar-refractivity contribution in [1.82, 2.24) is 25.1 Å². The molecule has 1 unspecified atom stereocenters. The molecule has 2 amide bonds. The van der Waals surface area contributed by atoms with Crippen LogP contribution in [0.3, 0.4) is 0 Å². The van der Waals surface area contributed by atoms with Crippen molar-refractivity contribution in [2.45, 2.75) is 32.4 Å². The predicted octanol–water partition coefficient (Wildman–Crippen LogP) is 3.98. The van der Waals surface area contributed by atoms with Gasteiger partial charge in [-0.1, -0.05) is 18.2 Å². The summed E-state index contributed by atoms with van der Waals surface area (Å²) >= 11 is 0. The van der Waals surface area contributed by atoms with Gasteiger partial charge in [0.2, 0.25) is 0 Å². The average molecular weight is 467 g/mol. The first-order valence-corrected chi connectivity index (χ1v) is 11.6. The molecular weight excluding hydrogens is 440 g/mol. The van der Waals surface area contributed by atoms with E-state index in [9.17, 15) is 9.59 Å². The van der Waals surface area contributed by atoms with E-state index in [-0.39, 0.29) is 23.8 Å². The molecule has 176 valence electrons. The lowest BCUT2D eigenvalue weighted by Gasteiger charge is -2.18. The zero-order chi connectivity index (χ0) is 24.4. The van der Waals surface area contributed by atoms with Crippen molar-refractivity contribution in [3.8, 4) is 0 Å². The molecular formula is C27H26N6O2. The third-order valence-electron chi connectivity index (χ3n) is 6.16. The number of pyridine rings is 1. The predicted molar refractivity (Wildman–Crippen MR) is 132 cm³/mol. The first-order valence-electron chi connectivity index (χ1n) is 11.6. The maximum Gasteiger partial charge on any atom is 0.258 e. The number of fused-ring (bicyclic) bond motifs is 1. The number of amides is 2. The van der Waals surface area contributed by atoms with Crippen molar-refractivity contribution in [3.63, 3.8) is 0 Å². The summed E-state index contributed by atoms with van der Waals surface area (Å²) in [7, 11) is 0. The first kappa shape index (κ1) is 22.5. The highest BCUT2D eigenvalue weighted by Gasteiger charge is 2.36. The fraction of sp³-hybridized carbons (Fsp3) is 0.222. The number of nitrogens with one attached hydrogen (secondary N) is 1. The topological polar surface area (TPSA) is 93.0 Å². The largest absolute Gasteiger partial charge is 0.348 e. The first-order chi connectivity index (χ1) is 17.0. The Labute approximate surface area is 203 Å². The summed E-state index contributed by atoms with van der Waals surface area (Å²) in [5.41, 5.74) is 3.75. The van der Waals surface area contributed by atoms with Gasteiger partial charge in [-0.3, -0.25) is 19.3 Å². The summed E-state index contributed by atoms with van der Waals surface area (Å²) in [6, 6.07) is 18.6. The Morgan fingerprint density at radius 3 is 2.51 bits per heavy atom. The van der Waals surface area contributed by atoms with Gasteiger partial charge in [0.05, 0.1) is 5.92 Å². The van der Waals surface area contributed by atoms with Crippen molar-refractivity contribution in [2.24, 2.45) is 0 Å². The molecule has 1 aliphatic rings. The van der Waals surface area contributed by atoms with Gasteiger partial charge in [0.25, 0.3) is 11.8 Å². The normalized spacial score (nSPS) is 14.7. The molecule has 0 saturated carbocycles. The highest BCUT2D eigenvalue weighted by Crippen LogP contribution is 2.40. The maximum absolute atomic E-state index is 13.4. The number of aromatic nitrogens is 4. The Bertz CT molecular complexity index is 1350. The molecule has 0 spiro atoms. The number of anilines is 1. The van der Waals surface area contributed by atoms with E-state index in [2.05, 4.69) is 20.4 Å².